The van der Waals surface area contributed by atoms with E-state index in [2.05, 4.69) is 29.4 Å². The second-order valence-corrected chi connectivity index (χ2v) is 5.38. The Bertz CT molecular complexity index is 467. The largest absolute Gasteiger partial charge is 0.497 e. The van der Waals surface area contributed by atoms with Crippen LogP contribution >= 0.6 is 11.3 Å². The molecule has 0 bridgehead atoms. The lowest BCUT2D eigenvalue weighted by Crippen LogP contribution is -2.23. The van der Waals surface area contributed by atoms with E-state index in [0.717, 1.165) is 25.1 Å². The first-order valence-electron chi connectivity index (χ1n) is 6.58. The van der Waals surface area contributed by atoms with E-state index >= 15 is 0 Å². The molecule has 0 saturated heterocycles. The van der Waals surface area contributed by atoms with Crippen LogP contribution in [0.1, 0.15) is 29.8 Å². The molecule has 1 unspecified atom stereocenters. The topological polar surface area (TPSA) is 34.1 Å². The van der Waals surface area contributed by atoms with Gasteiger partial charge in [0.05, 0.1) is 12.6 Å². The van der Waals surface area contributed by atoms with Gasteiger partial charge in [-0.1, -0.05) is 19.1 Å². The smallest absolute Gasteiger partial charge is 0.118 e. The van der Waals surface area contributed by atoms with E-state index in [1.54, 1.807) is 18.4 Å². The second-order valence-electron chi connectivity index (χ2n) is 4.46. The van der Waals surface area contributed by atoms with E-state index in [1.807, 2.05) is 23.8 Å². The van der Waals surface area contributed by atoms with Gasteiger partial charge in [-0.3, -0.25) is 4.98 Å². The molecular formula is C15H20N2OS. The molecule has 3 nitrogen and oxygen atoms in total. The van der Waals surface area contributed by atoms with E-state index in [4.69, 9.17) is 4.74 Å². The Hall–Kier alpha value is -1.39. The number of rotatable bonds is 7. The van der Waals surface area contributed by atoms with Gasteiger partial charge in [0.25, 0.3) is 0 Å². The molecule has 4 heteroatoms. The lowest BCUT2D eigenvalue weighted by Gasteiger charge is -2.17. The van der Waals surface area contributed by atoms with Crippen molar-refractivity contribution in [1.82, 2.24) is 10.3 Å². The van der Waals surface area contributed by atoms with Gasteiger partial charge in [-0.2, -0.15) is 0 Å². The van der Waals surface area contributed by atoms with Gasteiger partial charge in [-0.15, -0.1) is 11.3 Å². The third kappa shape index (κ3) is 4.04. The molecule has 0 fully saturated rings. The van der Waals surface area contributed by atoms with E-state index in [0.29, 0.717) is 6.04 Å². The average Bonchev–Trinajstić information content (AvgIpc) is 2.98. The average molecular weight is 276 g/mol. The van der Waals surface area contributed by atoms with Crippen LogP contribution in [0.2, 0.25) is 0 Å². The minimum atomic E-state index is 0.348. The van der Waals surface area contributed by atoms with Gasteiger partial charge < -0.3 is 10.1 Å². The number of aromatic nitrogens is 1. The number of ether oxygens (including phenoxy) is 1. The highest BCUT2D eigenvalue weighted by Crippen LogP contribution is 2.22. The number of thiazole rings is 1. The lowest BCUT2D eigenvalue weighted by molar-refractivity contribution is 0.414. The van der Waals surface area contributed by atoms with Gasteiger partial charge >= 0.3 is 0 Å². The fraction of sp³-hybridized carbons (Fsp3) is 0.400. The first kappa shape index (κ1) is 14.0. The molecule has 2 aromatic rings. The Kier molecular flexibility index (Phi) is 5.36. The summed E-state index contributed by atoms with van der Waals surface area (Å²) in [5.41, 5.74) is 3.20. The van der Waals surface area contributed by atoms with E-state index in [-0.39, 0.29) is 0 Å². The first-order chi connectivity index (χ1) is 9.33. The van der Waals surface area contributed by atoms with E-state index < -0.39 is 0 Å². The molecule has 0 aliphatic rings. The molecule has 102 valence electrons. The highest BCUT2D eigenvalue weighted by atomic mass is 32.1. The fourth-order valence-electron chi connectivity index (χ4n) is 1.99. The molecule has 1 atom stereocenters. The monoisotopic (exact) mass is 276 g/mol. The Morgan fingerprint density at radius 2 is 2.11 bits per heavy atom. The Balaban J connectivity index is 2.06. The maximum absolute atomic E-state index is 5.19. The van der Waals surface area contributed by atoms with E-state index in [1.165, 1.54) is 10.4 Å². The van der Waals surface area contributed by atoms with Crippen LogP contribution in [0.4, 0.5) is 0 Å². The molecule has 0 saturated carbocycles. The number of methoxy groups -OCH3 is 1. The van der Waals surface area contributed by atoms with Crippen molar-refractivity contribution in [2.75, 3.05) is 13.7 Å². The molecule has 0 radical (unpaired) electrons. The molecule has 0 amide bonds. The molecule has 1 N–H and O–H groups in total. The Labute approximate surface area is 118 Å². The Morgan fingerprint density at radius 3 is 2.68 bits per heavy atom. The van der Waals surface area contributed by atoms with Gasteiger partial charge in [-0.05, 0) is 37.1 Å². The van der Waals surface area contributed by atoms with Gasteiger partial charge in [0, 0.05) is 17.1 Å². The van der Waals surface area contributed by atoms with Crippen LogP contribution < -0.4 is 10.1 Å². The zero-order valence-electron chi connectivity index (χ0n) is 11.4. The summed E-state index contributed by atoms with van der Waals surface area (Å²) in [6.45, 7) is 3.21. The van der Waals surface area contributed by atoms with Crippen LogP contribution in [0, 0.1) is 0 Å². The molecule has 1 aromatic carbocycles. The van der Waals surface area contributed by atoms with Crippen LogP contribution in [0.15, 0.2) is 36.0 Å². The minimum Gasteiger partial charge on any atom is -0.497 e. The number of nitrogens with zero attached hydrogens (tertiary/aromatic N) is 1. The maximum Gasteiger partial charge on any atom is 0.118 e. The molecule has 2 rings (SSSR count). The molecule has 1 heterocycles. The first-order valence-corrected chi connectivity index (χ1v) is 7.46. The number of hydrogen-bond acceptors (Lipinski definition) is 4. The molecular weight excluding hydrogens is 256 g/mol. The van der Waals surface area contributed by atoms with Crippen molar-refractivity contribution in [3.05, 3.63) is 46.4 Å². The zero-order chi connectivity index (χ0) is 13.5. The third-order valence-electron chi connectivity index (χ3n) is 3.03. The normalized spacial score (nSPS) is 12.3. The van der Waals surface area contributed by atoms with Gasteiger partial charge in [0.15, 0.2) is 0 Å². The summed E-state index contributed by atoms with van der Waals surface area (Å²) in [5, 5.41) is 3.59. The van der Waals surface area contributed by atoms with Crippen molar-refractivity contribution in [2.45, 2.75) is 25.8 Å². The summed E-state index contributed by atoms with van der Waals surface area (Å²) in [7, 11) is 1.69. The molecule has 19 heavy (non-hydrogen) atoms. The summed E-state index contributed by atoms with van der Waals surface area (Å²) in [4.78, 5) is 5.47. The van der Waals surface area contributed by atoms with Crippen LogP contribution in [0.25, 0.3) is 0 Å². The maximum atomic E-state index is 5.19. The molecule has 0 aliphatic heterocycles. The number of hydrogen-bond donors (Lipinski definition) is 1. The van der Waals surface area contributed by atoms with Gasteiger partial charge in [0.2, 0.25) is 0 Å². The summed E-state index contributed by atoms with van der Waals surface area (Å²) < 4.78 is 5.19. The standard InChI is InChI=1S/C15H20N2OS/c1-3-8-17-14(15-10-16-11-19-15)9-12-4-6-13(18-2)7-5-12/h4-7,10-11,14,17H,3,8-9H2,1-2H3. The van der Waals surface area contributed by atoms with E-state index in [9.17, 15) is 0 Å². The highest BCUT2D eigenvalue weighted by Gasteiger charge is 2.13. The van der Waals surface area contributed by atoms with Gasteiger partial charge in [-0.25, -0.2) is 0 Å². The molecule has 0 spiro atoms. The molecule has 0 aliphatic carbocycles. The highest BCUT2D eigenvalue weighted by molar-refractivity contribution is 7.09. The second kappa shape index (κ2) is 7.26. The predicted molar refractivity (Wildman–Crippen MR) is 79.8 cm³/mol. The summed E-state index contributed by atoms with van der Waals surface area (Å²) in [6, 6.07) is 8.62. The van der Waals surface area contributed by atoms with Crippen molar-refractivity contribution in [2.24, 2.45) is 0 Å². The van der Waals surface area contributed by atoms with Crippen molar-refractivity contribution < 1.29 is 4.74 Å². The summed E-state index contributed by atoms with van der Waals surface area (Å²) in [5.74, 6) is 0.902. The number of benzene rings is 1. The predicted octanol–water partition coefficient (Wildman–Crippen LogP) is 3.44. The summed E-state index contributed by atoms with van der Waals surface area (Å²) >= 11 is 1.71. The number of nitrogens with one attached hydrogen (secondary N) is 1. The quantitative estimate of drug-likeness (QED) is 0.841. The lowest BCUT2D eigenvalue weighted by atomic mass is 10.0. The summed E-state index contributed by atoms with van der Waals surface area (Å²) in [6.07, 6.45) is 4.08. The van der Waals surface area contributed by atoms with Crippen molar-refractivity contribution in [3.8, 4) is 5.75 Å². The molecule has 1 aromatic heterocycles. The third-order valence-corrected chi connectivity index (χ3v) is 3.92. The van der Waals surface area contributed by atoms with Crippen LogP contribution in [0.5, 0.6) is 5.75 Å². The van der Waals surface area contributed by atoms with Crippen LogP contribution in [-0.4, -0.2) is 18.6 Å². The zero-order valence-corrected chi connectivity index (χ0v) is 12.2. The van der Waals surface area contributed by atoms with Gasteiger partial charge in [0.1, 0.15) is 5.75 Å². The van der Waals surface area contributed by atoms with Crippen LogP contribution in [-0.2, 0) is 6.42 Å². The Morgan fingerprint density at radius 1 is 1.32 bits per heavy atom. The SMILES string of the molecule is CCCNC(Cc1ccc(OC)cc1)c1cncs1. The fourth-order valence-corrected chi connectivity index (χ4v) is 2.68. The van der Waals surface area contributed by atoms with Crippen molar-refractivity contribution >= 4 is 11.3 Å². The minimum absolute atomic E-state index is 0.348. The van der Waals surface area contributed by atoms with Crippen LogP contribution in [0.3, 0.4) is 0 Å². The van der Waals surface area contributed by atoms with Crippen molar-refractivity contribution in [1.29, 1.82) is 0 Å². The van der Waals surface area contributed by atoms with Crippen molar-refractivity contribution in [3.63, 3.8) is 0 Å².